The van der Waals surface area contributed by atoms with E-state index in [0.717, 1.165) is 17.7 Å². The zero-order valence-electron chi connectivity index (χ0n) is 11.9. The van der Waals surface area contributed by atoms with Gasteiger partial charge in [-0.2, -0.15) is 0 Å². The molecule has 1 saturated heterocycles. The molecular formula is C15H20N2O2S. The molecule has 1 aliphatic rings. The van der Waals surface area contributed by atoms with E-state index in [0.29, 0.717) is 24.7 Å². The van der Waals surface area contributed by atoms with Gasteiger partial charge in [-0.1, -0.05) is 13.0 Å². The Morgan fingerprint density at radius 2 is 2.20 bits per heavy atom. The molecule has 0 aromatic heterocycles. The smallest absolute Gasteiger partial charge is 0.313 e. The van der Waals surface area contributed by atoms with Crippen molar-refractivity contribution in [3.63, 3.8) is 0 Å². The Morgan fingerprint density at radius 1 is 1.40 bits per heavy atom. The monoisotopic (exact) mass is 292 g/mol. The number of piperidine rings is 1. The van der Waals surface area contributed by atoms with Crippen LogP contribution in [0.2, 0.25) is 0 Å². The van der Waals surface area contributed by atoms with Crippen molar-refractivity contribution in [2.45, 2.75) is 24.7 Å². The van der Waals surface area contributed by atoms with Crippen molar-refractivity contribution in [2.24, 2.45) is 5.92 Å². The summed E-state index contributed by atoms with van der Waals surface area (Å²) in [5, 5.41) is 2.69. The Labute approximate surface area is 123 Å². The highest BCUT2D eigenvalue weighted by Gasteiger charge is 2.26. The number of anilines is 1. The lowest BCUT2D eigenvalue weighted by Gasteiger charge is -2.30. The normalized spacial score (nSPS) is 18.7. The molecule has 0 saturated carbocycles. The van der Waals surface area contributed by atoms with E-state index in [9.17, 15) is 9.59 Å². The minimum atomic E-state index is -0.544. The van der Waals surface area contributed by atoms with Gasteiger partial charge in [0.05, 0.1) is 0 Å². The third kappa shape index (κ3) is 3.76. The molecule has 0 bridgehead atoms. The highest BCUT2D eigenvalue weighted by atomic mass is 32.2. The number of rotatable bonds is 2. The summed E-state index contributed by atoms with van der Waals surface area (Å²) in [4.78, 5) is 26.8. The summed E-state index contributed by atoms with van der Waals surface area (Å²) in [5.41, 5.74) is 0.667. The number of benzene rings is 1. The summed E-state index contributed by atoms with van der Waals surface area (Å²) in [7, 11) is 0. The summed E-state index contributed by atoms with van der Waals surface area (Å²) in [5.74, 6) is -0.497. The molecule has 0 aliphatic carbocycles. The second-order valence-electron chi connectivity index (χ2n) is 5.18. The average Bonchev–Trinajstić information content (AvgIpc) is 2.46. The topological polar surface area (TPSA) is 49.4 Å². The maximum atomic E-state index is 12.1. The molecule has 2 rings (SSSR count). The van der Waals surface area contributed by atoms with Crippen LogP contribution in [0.1, 0.15) is 19.8 Å². The van der Waals surface area contributed by atoms with Crippen LogP contribution < -0.4 is 5.32 Å². The van der Waals surface area contributed by atoms with Crippen molar-refractivity contribution in [1.82, 2.24) is 4.90 Å². The van der Waals surface area contributed by atoms with E-state index in [2.05, 4.69) is 12.2 Å². The molecule has 20 heavy (non-hydrogen) atoms. The third-order valence-corrected chi connectivity index (χ3v) is 4.19. The van der Waals surface area contributed by atoms with Crippen molar-refractivity contribution in [1.29, 1.82) is 0 Å². The lowest BCUT2D eigenvalue weighted by molar-refractivity contribution is -0.144. The maximum Gasteiger partial charge on any atom is 0.313 e. The SMILES string of the molecule is CSc1cccc(NC(=O)C(=O)N2CCCC(C)C2)c1. The maximum absolute atomic E-state index is 12.1. The van der Waals surface area contributed by atoms with Crippen LogP contribution in [0.15, 0.2) is 29.2 Å². The molecule has 1 fully saturated rings. The predicted molar refractivity (Wildman–Crippen MR) is 81.8 cm³/mol. The van der Waals surface area contributed by atoms with Gasteiger partial charge < -0.3 is 10.2 Å². The molecule has 1 aromatic carbocycles. The molecule has 1 aliphatic heterocycles. The predicted octanol–water partition coefficient (Wildman–Crippen LogP) is 2.61. The molecule has 0 radical (unpaired) electrons. The molecule has 0 spiro atoms. The molecule has 1 N–H and O–H groups in total. The first-order chi connectivity index (χ1) is 9.60. The zero-order valence-corrected chi connectivity index (χ0v) is 12.7. The van der Waals surface area contributed by atoms with E-state index in [4.69, 9.17) is 0 Å². The van der Waals surface area contributed by atoms with E-state index < -0.39 is 11.8 Å². The van der Waals surface area contributed by atoms with Crippen LogP contribution in [0, 0.1) is 5.92 Å². The number of amides is 2. The lowest BCUT2D eigenvalue weighted by atomic mass is 10.0. The van der Waals surface area contributed by atoms with Crippen molar-refractivity contribution in [3.05, 3.63) is 24.3 Å². The van der Waals surface area contributed by atoms with E-state index in [-0.39, 0.29) is 0 Å². The number of nitrogens with zero attached hydrogens (tertiary/aromatic N) is 1. The molecule has 1 unspecified atom stereocenters. The number of hydrogen-bond donors (Lipinski definition) is 1. The van der Waals surface area contributed by atoms with E-state index in [1.807, 2.05) is 24.5 Å². The fourth-order valence-electron chi connectivity index (χ4n) is 2.40. The molecular weight excluding hydrogens is 272 g/mol. The lowest BCUT2D eigenvalue weighted by Crippen LogP contribution is -2.44. The zero-order chi connectivity index (χ0) is 14.5. The molecule has 108 valence electrons. The first kappa shape index (κ1) is 14.9. The van der Waals surface area contributed by atoms with Crippen LogP contribution in [-0.2, 0) is 9.59 Å². The van der Waals surface area contributed by atoms with Crippen LogP contribution >= 0.6 is 11.8 Å². The largest absolute Gasteiger partial charge is 0.334 e. The first-order valence-electron chi connectivity index (χ1n) is 6.84. The van der Waals surface area contributed by atoms with E-state index in [1.165, 1.54) is 0 Å². The van der Waals surface area contributed by atoms with Gasteiger partial charge in [0.2, 0.25) is 0 Å². The van der Waals surface area contributed by atoms with Crippen LogP contribution in [0.25, 0.3) is 0 Å². The van der Waals surface area contributed by atoms with Gasteiger partial charge in [-0.15, -0.1) is 11.8 Å². The Balaban J connectivity index is 1.98. The highest BCUT2D eigenvalue weighted by Crippen LogP contribution is 2.19. The summed E-state index contributed by atoms with van der Waals surface area (Å²) in [6.45, 7) is 3.47. The van der Waals surface area contributed by atoms with Gasteiger partial charge in [0, 0.05) is 23.7 Å². The number of hydrogen-bond acceptors (Lipinski definition) is 3. The van der Waals surface area contributed by atoms with E-state index in [1.54, 1.807) is 22.7 Å². The molecule has 1 atom stereocenters. The molecule has 5 heteroatoms. The Morgan fingerprint density at radius 3 is 2.90 bits per heavy atom. The van der Waals surface area contributed by atoms with Gasteiger partial charge in [0.15, 0.2) is 0 Å². The fourth-order valence-corrected chi connectivity index (χ4v) is 2.86. The standard InChI is InChI=1S/C15H20N2O2S/c1-11-5-4-8-17(10-11)15(19)14(18)16-12-6-3-7-13(9-12)20-2/h3,6-7,9,11H,4-5,8,10H2,1-2H3,(H,16,18). The Bertz CT molecular complexity index is 504. The Hall–Kier alpha value is -1.49. The number of carbonyl (C=O) groups excluding carboxylic acids is 2. The molecule has 1 heterocycles. The minimum absolute atomic E-state index is 0.425. The van der Waals surface area contributed by atoms with Crippen molar-refractivity contribution in [3.8, 4) is 0 Å². The first-order valence-corrected chi connectivity index (χ1v) is 8.07. The average molecular weight is 292 g/mol. The van der Waals surface area contributed by atoms with E-state index >= 15 is 0 Å². The van der Waals surface area contributed by atoms with Crippen molar-refractivity contribution < 1.29 is 9.59 Å². The van der Waals surface area contributed by atoms with Crippen LogP contribution in [0.4, 0.5) is 5.69 Å². The summed E-state index contributed by atoms with van der Waals surface area (Å²) >= 11 is 1.60. The number of thioether (sulfide) groups is 1. The van der Waals surface area contributed by atoms with Crippen LogP contribution in [0.3, 0.4) is 0 Å². The van der Waals surface area contributed by atoms with Crippen LogP contribution in [0.5, 0.6) is 0 Å². The summed E-state index contributed by atoms with van der Waals surface area (Å²) in [6.07, 6.45) is 4.07. The van der Waals surface area contributed by atoms with Gasteiger partial charge in [-0.25, -0.2) is 0 Å². The minimum Gasteiger partial charge on any atom is -0.334 e. The number of carbonyl (C=O) groups is 2. The third-order valence-electron chi connectivity index (χ3n) is 3.47. The van der Waals surface area contributed by atoms with Gasteiger partial charge >= 0.3 is 11.8 Å². The van der Waals surface area contributed by atoms with Gasteiger partial charge in [-0.3, -0.25) is 9.59 Å². The number of likely N-dealkylation sites (tertiary alicyclic amines) is 1. The number of nitrogens with one attached hydrogen (secondary N) is 1. The highest BCUT2D eigenvalue weighted by molar-refractivity contribution is 7.98. The molecule has 1 aromatic rings. The van der Waals surface area contributed by atoms with Gasteiger partial charge in [0.25, 0.3) is 0 Å². The summed E-state index contributed by atoms with van der Waals surface area (Å²) in [6, 6.07) is 7.50. The summed E-state index contributed by atoms with van der Waals surface area (Å²) < 4.78 is 0. The van der Waals surface area contributed by atoms with Crippen LogP contribution in [-0.4, -0.2) is 36.1 Å². The van der Waals surface area contributed by atoms with Gasteiger partial charge in [0.1, 0.15) is 0 Å². The fraction of sp³-hybridized carbons (Fsp3) is 0.467. The van der Waals surface area contributed by atoms with Crippen molar-refractivity contribution >= 4 is 29.3 Å². The Kier molecular flexibility index (Phi) is 5.06. The quantitative estimate of drug-likeness (QED) is 0.673. The second-order valence-corrected chi connectivity index (χ2v) is 6.06. The molecule has 4 nitrogen and oxygen atoms in total. The van der Waals surface area contributed by atoms with Gasteiger partial charge in [-0.05, 0) is 43.2 Å². The molecule has 2 amide bonds. The van der Waals surface area contributed by atoms with Crippen molar-refractivity contribution in [2.75, 3.05) is 24.7 Å². The second kappa shape index (κ2) is 6.79.